The van der Waals surface area contributed by atoms with E-state index in [1.165, 1.54) is 0 Å². The molecule has 1 unspecified atom stereocenters. The number of nitrogens with zero attached hydrogens (tertiary/aromatic N) is 1. The van der Waals surface area contributed by atoms with Gasteiger partial charge in [-0.2, -0.15) is 0 Å². The van der Waals surface area contributed by atoms with Crippen molar-refractivity contribution in [2.24, 2.45) is 5.73 Å². The minimum absolute atomic E-state index is 0.0485. The topological polar surface area (TPSA) is 91.2 Å². The van der Waals surface area contributed by atoms with Crippen molar-refractivity contribution in [3.8, 4) is 0 Å². The van der Waals surface area contributed by atoms with Crippen molar-refractivity contribution in [2.45, 2.75) is 24.9 Å². The zero-order valence-electron chi connectivity index (χ0n) is 12.5. The molecule has 22 heavy (non-hydrogen) atoms. The van der Waals surface area contributed by atoms with Gasteiger partial charge in [-0.05, 0) is 24.5 Å². The highest BCUT2D eigenvalue weighted by Crippen LogP contribution is 2.19. The molecule has 116 valence electrons. The number of para-hydroxylation sites is 1. The first-order chi connectivity index (χ1) is 10.6. The van der Waals surface area contributed by atoms with Crippen LogP contribution in [0.5, 0.6) is 0 Å². The van der Waals surface area contributed by atoms with E-state index in [2.05, 4.69) is 10.3 Å². The Balaban J connectivity index is 1.65. The number of likely N-dealkylation sites (tertiary alicyclic amines) is 1. The van der Waals surface area contributed by atoms with Crippen LogP contribution in [0, 0.1) is 0 Å². The van der Waals surface area contributed by atoms with E-state index in [1.807, 2.05) is 30.5 Å². The van der Waals surface area contributed by atoms with Crippen LogP contribution >= 0.6 is 0 Å². The number of fused-ring (bicyclic) bond motifs is 1. The average molecular weight is 300 g/mol. The zero-order chi connectivity index (χ0) is 15.7. The molecule has 1 saturated heterocycles. The number of hydrogen-bond donors (Lipinski definition) is 3. The van der Waals surface area contributed by atoms with E-state index in [-0.39, 0.29) is 11.8 Å². The van der Waals surface area contributed by atoms with Crippen LogP contribution in [0.15, 0.2) is 30.5 Å². The fourth-order valence-corrected chi connectivity index (χ4v) is 2.87. The molecule has 0 aliphatic carbocycles. The summed E-state index contributed by atoms with van der Waals surface area (Å²) in [5.41, 5.74) is 8.04. The Labute approximate surface area is 128 Å². The van der Waals surface area contributed by atoms with Crippen LogP contribution in [0.3, 0.4) is 0 Å². The van der Waals surface area contributed by atoms with Gasteiger partial charge in [-0.1, -0.05) is 18.2 Å². The van der Waals surface area contributed by atoms with Crippen LogP contribution in [-0.4, -0.2) is 47.4 Å². The second-order valence-corrected chi connectivity index (χ2v) is 5.78. The lowest BCUT2D eigenvalue weighted by Gasteiger charge is -2.16. The molecule has 2 aromatic rings. The molecule has 1 aliphatic rings. The van der Waals surface area contributed by atoms with Gasteiger partial charge in [0, 0.05) is 30.7 Å². The molecule has 0 radical (unpaired) electrons. The highest BCUT2D eigenvalue weighted by atomic mass is 16.2. The lowest BCUT2D eigenvalue weighted by atomic mass is 10.0. The fraction of sp³-hybridized carbons (Fsp3) is 0.375. The van der Waals surface area contributed by atoms with E-state index in [0.717, 1.165) is 16.5 Å². The number of benzene rings is 1. The number of carbonyl (C=O) groups is 2. The normalized spacial score (nSPS) is 19.6. The molecule has 2 amide bonds. The molecule has 0 bridgehead atoms. The van der Waals surface area contributed by atoms with Crippen molar-refractivity contribution in [3.05, 3.63) is 36.0 Å². The third kappa shape index (κ3) is 2.69. The molecule has 1 aliphatic heterocycles. The monoisotopic (exact) mass is 300 g/mol. The van der Waals surface area contributed by atoms with Gasteiger partial charge in [0.2, 0.25) is 11.8 Å². The molecule has 3 rings (SSSR count). The second kappa shape index (κ2) is 5.81. The highest BCUT2D eigenvalue weighted by Gasteiger charge is 2.31. The number of likely N-dealkylation sites (N-methyl/N-ethyl adjacent to an activating group) is 1. The van der Waals surface area contributed by atoms with Gasteiger partial charge in [0.15, 0.2) is 0 Å². The Morgan fingerprint density at radius 1 is 1.50 bits per heavy atom. The quantitative estimate of drug-likeness (QED) is 0.762. The molecule has 1 aromatic carbocycles. The summed E-state index contributed by atoms with van der Waals surface area (Å²) < 4.78 is 0. The fourth-order valence-electron chi connectivity index (χ4n) is 2.87. The Morgan fingerprint density at radius 2 is 2.27 bits per heavy atom. The van der Waals surface area contributed by atoms with E-state index in [9.17, 15) is 9.59 Å². The maximum Gasteiger partial charge on any atom is 0.244 e. The smallest absolute Gasteiger partial charge is 0.244 e. The van der Waals surface area contributed by atoms with Crippen LogP contribution in [0.2, 0.25) is 0 Å². The highest BCUT2D eigenvalue weighted by molar-refractivity contribution is 5.91. The van der Waals surface area contributed by atoms with Crippen molar-refractivity contribution < 1.29 is 9.59 Å². The summed E-state index contributed by atoms with van der Waals surface area (Å²) in [6.07, 6.45) is 2.96. The van der Waals surface area contributed by atoms with Gasteiger partial charge < -0.3 is 20.9 Å². The number of hydrogen-bond acceptors (Lipinski definition) is 3. The Kier molecular flexibility index (Phi) is 3.85. The molecule has 0 spiro atoms. The van der Waals surface area contributed by atoms with Gasteiger partial charge in [-0.15, -0.1) is 0 Å². The predicted molar refractivity (Wildman–Crippen MR) is 84.2 cm³/mol. The molecular weight excluding hydrogens is 280 g/mol. The van der Waals surface area contributed by atoms with Gasteiger partial charge in [-0.25, -0.2) is 0 Å². The number of carbonyl (C=O) groups excluding carboxylic acids is 2. The first-order valence-corrected chi connectivity index (χ1v) is 7.42. The Hall–Kier alpha value is -2.34. The van der Waals surface area contributed by atoms with E-state index in [0.29, 0.717) is 19.4 Å². The number of aromatic amines is 1. The molecule has 1 aromatic heterocycles. The van der Waals surface area contributed by atoms with Gasteiger partial charge in [-0.3, -0.25) is 9.59 Å². The molecule has 6 heteroatoms. The molecule has 2 heterocycles. The number of amides is 2. The average Bonchev–Trinajstić information content (AvgIpc) is 3.06. The number of rotatable bonds is 4. The molecular formula is C16H20N4O2. The van der Waals surface area contributed by atoms with Crippen molar-refractivity contribution >= 4 is 22.7 Å². The number of nitrogens with one attached hydrogen (secondary N) is 2. The van der Waals surface area contributed by atoms with E-state index < -0.39 is 12.1 Å². The minimum Gasteiger partial charge on any atom is -0.361 e. The maximum absolute atomic E-state index is 12.2. The maximum atomic E-state index is 12.2. The Bertz CT molecular complexity index is 709. The first kappa shape index (κ1) is 14.6. The van der Waals surface area contributed by atoms with Gasteiger partial charge in [0.1, 0.15) is 6.04 Å². The van der Waals surface area contributed by atoms with Crippen molar-refractivity contribution in [2.75, 3.05) is 13.6 Å². The third-order valence-electron chi connectivity index (χ3n) is 4.20. The lowest BCUT2D eigenvalue weighted by Crippen LogP contribution is -2.48. The van der Waals surface area contributed by atoms with Crippen LogP contribution in [0.4, 0.5) is 0 Å². The second-order valence-electron chi connectivity index (χ2n) is 5.78. The lowest BCUT2D eigenvalue weighted by molar-refractivity contribution is -0.132. The molecule has 0 saturated carbocycles. The summed E-state index contributed by atoms with van der Waals surface area (Å²) in [5, 5.41) is 3.83. The molecule has 6 nitrogen and oxygen atoms in total. The van der Waals surface area contributed by atoms with Crippen molar-refractivity contribution in [1.82, 2.24) is 15.2 Å². The van der Waals surface area contributed by atoms with Crippen LogP contribution in [0.1, 0.15) is 12.0 Å². The SMILES string of the molecule is CN1CCC(NC(=O)[C@@H](N)Cc2c[nH]c3ccccc23)C1=O. The molecule has 2 atom stereocenters. The van der Waals surface area contributed by atoms with E-state index >= 15 is 0 Å². The largest absolute Gasteiger partial charge is 0.361 e. The molecule has 1 fully saturated rings. The summed E-state index contributed by atoms with van der Waals surface area (Å²) in [7, 11) is 1.74. The Morgan fingerprint density at radius 3 is 3.00 bits per heavy atom. The summed E-state index contributed by atoms with van der Waals surface area (Å²) in [5.74, 6) is -0.327. The van der Waals surface area contributed by atoms with Crippen LogP contribution < -0.4 is 11.1 Å². The number of H-pyrrole nitrogens is 1. The van der Waals surface area contributed by atoms with E-state index in [1.54, 1.807) is 11.9 Å². The van der Waals surface area contributed by atoms with Crippen LogP contribution in [-0.2, 0) is 16.0 Å². The summed E-state index contributed by atoms with van der Waals surface area (Å²) in [6, 6.07) is 6.79. The molecule has 4 N–H and O–H groups in total. The summed E-state index contributed by atoms with van der Waals surface area (Å²) in [6.45, 7) is 0.668. The van der Waals surface area contributed by atoms with Crippen LogP contribution in [0.25, 0.3) is 10.9 Å². The van der Waals surface area contributed by atoms with Gasteiger partial charge >= 0.3 is 0 Å². The first-order valence-electron chi connectivity index (χ1n) is 7.42. The summed E-state index contributed by atoms with van der Waals surface area (Å²) >= 11 is 0. The van der Waals surface area contributed by atoms with E-state index in [4.69, 9.17) is 5.73 Å². The minimum atomic E-state index is -0.669. The number of nitrogens with two attached hydrogens (primary N) is 1. The summed E-state index contributed by atoms with van der Waals surface area (Å²) in [4.78, 5) is 28.8. The van der Waals surface area contributed by atoms with Gasteiger partial charge in [0.25, 0.3) is 0 Å². The predicted octanol–water partition coefficient (Wildman–Crippen LogP) is 0.385. The van der Waals surface area contributed by atoms with Crippen molar-refractivity contribution in [1.29, 1.82) is 0 Å². The third-order valence-corrected chi connectivity index (χ3v) is 4.20. The van der Waals surface area contributed by atoms with Gasteiger partial charge in [0.05, 0.1) is 6.04 Å². The number of aromatic nitrogens is 1. The zero-order valence-corrected chi connectivity index (χ0v) is 12.5. The standard InChI is InChI=1S/C16H20N4O2/c1-20-7-6-14(16(20)22)19-15(21)12(17)8-10-9-18-13-5-3-2-4-11(10)13/h2-5,9,12,14,18H,6-8,17H2,1H3,(H,19,21)/t12-,14?/m0/s1. The van der Waals surface area contributed by atoms with Crippen molar-refractivity contribution in [3.63, 3.8) is 0 Å².